The van der Waals surface area contributed by atoms with Gasteiger partial charge in [-0.2, -0.15) is 13.2 Å². The topological polar surface area (TPSA) is 86.7 Å². The highest BCUT2D eigenvalue weighted by Gasteiger charge is 2.53. The monoisotopic (exact) mass is 364 g/mol. The first kappa shape index (κ1) is 18.2. The van der Waals surface area contributed by atoms with Crippen LogP contribution in [0.15, 0.2) is 17.5 Å². The van der Waals surface area contributed by atoms with Gasteiger partial charge in [0.1, 0.15) is 0 Å². The summed E-state index contributed by atoms with van der Waals surface area (Å²) >= 11 is 1.22. The highest BCUT2D eigenvalue weighted by atomic mass is 32.1. The molecule has 0 unspecified atom stereocenters. The number of nitrogens with zero attached hydrogens (tertiary/aromatic N) is 1. The predicted octanol–water partition coefficient (Wildman–Crippen LogP) is 1.59. The third kappa shape index (κ3) is 4.25. The first-order chi connectivity index (χ1) is 11.2. The average molecular weight is 364 g/mol. The van der Waals surface area contributed by atoms with Gasteiger partial charge in [0.2, 0.25) is 5.91 Å². The third-order valence-corrected chi connectivity index (χ3v) is 4.65. The van der Waals surface area contributed by atoms with E-state index in [2.05, 4.69) is 5.32 Å². The average Bonchev–Trinajstić information content (AvgIpc) is 3.15. The molecule has 1 aliphatic rings. The lowest BCUT2D eigenvalue weighted by atomic mass is 9.96. The summed E-state index contributed by atoms with van der Waals surface area (Å²) in [5.74, 6) is -6.27. The van der Waals surface area contributed by atoms with Crippen LogP contribution in [0.2, 0.25) is 0 Å². The molecular formula is C14H15F3N2O4S. The van der Waals surface area contributed by atoms with Gasteiger partial charge in [-0.15, -0.1) is 11.3 Å². The summed E-state index contributed by atoms with van der Waals surface area (Å²) in [6, 6.07) is 3.30. The number of hydrogen-bond acceptors (Lipinski definition) is 4. The van der Waals surface area contributed by atoms with Crippen LogP contribution in [-0.4, -0.2) is 53.6 Å². The number of carbonyl (C=O) groups excluding carboxylic acids is 2. The fraction of sp³-hybridized carbons (Fsp3) is 0.500. The van der Waals surface area contributed by atoms with Gasteiger partial charge < -0.3 is 15.3 Å². The molecule has 2 N–H and O–H groups in total. The van der Waals surface area contributed by atoms with E-state index < -0.39 is 43.0 Å². The maximum atomic E-state index is 12.9. The standard InChI is InChI=1S/C14H15F3N2O4S/c15-14(16,17)9-7-19(6-8(9)13(22)23)11(20)3-4-18-12(21)10-2-1-5-24-10/h1-2,5,8-9H,3-4,6-7H2,(H,18,21)(H,22,23)/t8-,9-/m1/s1. The van der Waals surface area contributed by atoms with Crippen LogP contribution in [0.3, 0.4) is 0 Å². The van der Waals surface area contributed by atoms with Crippen molar-refractivity contribution in [2.45, 2.75) is 12.6 Å². The summed E-state index contributed by atoms with van der Waals surface area (Å²) in [5, 5.41) is 13.1. The van der Waals surface area contributed by atoms with Gasteiger partial charge in [0.15, 0.2) is 0 Å². The zero-order chi connectivity index (χ0) is 17.9. The second-order valence-corrected chi connectivity index (χ2v) is 6.32. The molecule has 0 saturated carbocycles. The molecule has 1 aromatic heterocycles. The second kappa shape index (κ2) is 7.20. The lowest BCUT2D eigenvalue weighted by Crippen LogP contribution is -2.35. The van der Waals surface area contributed by atoms with Crippen LogP contribution < -0.4 is 5.32 Å². The summed E-state index contributed by atoms with van der Waals surface area (Å²) in [6.07, 6.45) is -4.86. The Morgan fingerprint density at radius 3 is 2.54 bits per heavy atom. The number of carboxylic acid groups (broad SMARTS) is 1. The molecular weight excluding hydrogens is 349 g/mol. The lowest BCUT2D eigenvalue weighted by molar-refractivity contribution is -0.188. The number of thiophene rings is 1. The molecule has 0 bridgehead atoms. The molecule has 1 aliphatic heterocycles. The lowest BCUT2D eigenvalue weighted by Gasteiger charge is -2.18. The largest absolute Gasteiger partial charge is 0.481 e. The van der Waals surface area contributed by atoms with E-state index in [1.165, 1.54) is 11.3 Å². The first-order valence-electron chi connectivity index (χ1n) is 7.09. The van der Waals surface area contributed by atoms with Crippen molar-refractivity contribution in [1.82, 2.24) is 10.2 Å². The van der Waals surface area contributed by atoms with Crippen molar-refractivity contribution in [2.75, 3.05) is 19.6 Å². The number of amides is 2. The van der Waals surface area contributed by atoms with E-state index in [9.17, 15) is 27.6 Å². The van der Waals surface area contributed by atoms with Gasteiger partial charge in [-0.25, -0.2) is 0 Å². The van der Waals surface area contributed by atoms with Gasteiger partial charge in [0.05, 0.1) is 16.7 Å². The van der Waals surface area contributed by atoms with Crippen molar-refractivity contribution in [2.24, 2.45) is 11.8 Å². The number of carboxylic acids is 1. The number of halogens is 3. The van der Waals surface area contributed by atoms with Gasteiger partial charge in [-0.05, 0) is 11.4 Å². The van der Waals surface area contributed by atoms with Crippen LogP contribution in [0.5, 0.6) is 0 Å². The normalized spacial score (nSPS) is 20.9. The van der Waals surface area contributed by atoms with Crippen LogP contribution in [0, 0.1) is 11.8 Å². The summed E-state index contributed by atoms with van der Waals surface area (Å²) < 4.78 is 38.6. The molecule has 24 heavy (non-hydrogen) atoms. The molecule has 1 saturated heterocycles. The number of nitrogens with one attached hydrogen (secondary N) is 1. The van der Waals surface area contributed by atoms with Crippen molar-refractivity contribution in [3.05, 3.63) is 22.4 Å². The van der Waals surface area contributed by atoms with Crippen LogP contribution in [0.4, 0.5) is 13.2 Å². The van der Waals surface area contributed by atoms with Crippen molar-refractivity contribution >= 4 is 29.1 Å². The van der Waals surface area contributed by atoms with Crippen LogP contribution in [0.25, 0.3) is 0 Å². The summed E-state index contributed by atoms with van der Waals surface area (Å²) in [6.45, 7) is -1.17. The van der Waals surface area contributed by atoms with E-state index in [-0.39, 0.29) is 18.9 Å². The van der Waals surface area contributed by atoms with E-state index in [1.54, 1.807) is 17.5 Å². The minimum absolute atomic E-state index is 0.0273. The fourth-order valence-corrected chi connectivity index (χ4v) is 3.17. The van der Waals surface area contributed by atoms with Gasteiger partial charge in [0.25, 0.3) is 5.91 Å². The molecule has 0 aliphatic carbocycles. The number of rotatable bonds is 5. The maximum Gasteiger partial charge on any atom is 0.394 e. The molecule has 0 aromatic carbocycles. The Balaban J connectivity index is 1.86. The van der Waals surface area contributed by atoms with Crippen molar-refractivity contribution < 1.29 is 32.7 Å². The van der Waals surface area contributed by atoms with E-state index in [4.69, 9.17) is 5.11 Å². The van der Waals surface area contributed by atoms with Gasteiger partial charge in [-0.1, -0.05) is 6.07 Å². The highest BCUT2D eigenvalue weighted by molar-refractivity contribution is 7.12. The molecule has 10 heteroatoms. The number of alkyl halides is 3. The fourth-order valence-electron chi connectivity index (χ4n) is 2.53. The summed E-state index contributed by atoms with van der Waals surface area (Å²) in [5.41, 5.74) is 0. The minimum Gasteiger partial charge on any atom is -0.481 e. The molecule has 0 spiro atoms. The molecule has 2 rings (SSSR count). The highest BCUT2D eigenvalue weighted by Crippen LogP contribution is 2.37. The molecule has 2 atom stereocenters. The molecule has 2 heterocycles. The Labute approximate surface area is 139 Å². The number of hydrogen-bond donors (Lipinski definition) is 2. The Bertz CT molecular complexity index is 618. The second-order valence-electron chi connectivity index (χ2n) is 5.37. The van der Waals surface area contributed by atoms with E-state index >= 15 is 0 Å². The zero-order valence-electron chi connectivity index (χ0n) is 12.4. The van der Waals surface area contributed by atoms with E-state index in [0.717, 1.165) is 4.90 Å². The van der Waals surface area contributed by atoms with Gasteiger partial charge >= 0.3 is 12.1 Å². The number of aliphatic carboxylic acids is 1. The van der Waals surface area contributed by atoms with E-state index in [0.29, 0.717) is 4.88 Å². The van der Waals surface area contributed by atoms with Gasteiger partial charge in [-0.3, -0.25) is 14.4 Å². The quantitative estimate of drug-likeness (QED) is 0.831. The Morgan fingerprint density at radius 1 is 1.33 bits per heavy atom. The molecule has 2 amide bonds. The number of carbonyl (C=O) groups is 3. The predicted molar refractivity (Wildman–Crippen MR) is 78.5 cm³/mol. The minimum atomic E-state index is -4.68. The Morgan fingerprint density at radius 2 is 2.04 bits per heavy atom. The molecule has 6 nitrogen and oxygen atoms in total. The Kier molecular flexibility index (Phi) is 5.47. The molecule has 132 valence electrons. The van der Waals surface area contributed by atoms with Gasteiger partial charge in [0, 0.05) is 26.1 Å². The molecule has 1 aromatic rings. The summed E-state index contributed by atoms with van der Waals surface area (Å²) in [4.78, 5) is 36.0. The molecule has 1 fully saturated rings. The Hall–Kier alpha value is -2.10. The van der Waals surface area contributed by atoms with Crippen LogP contribution in [0.1, 0.15) is 16.1 Å². The van der Waals surface area contributed by atoms with Crippen molar-refractivity contribution in [1.29, 1.82) is 0 Å². The maximum absolute atomic E-state index is 12.9. The zero-order valence-corrected chi connectivity index (χ0v) is 13.2. The van der Waals surface area contributed by atoms with Crippen molar-refractivity contribution in [3.8, 4) is 0 Å². The third-order valence-electron chi connectivity index (χ3n) is 3.78. The van der Waals surface area contributed by atoms with E-state index in [1.807, 2.05) is 0 Å². The number of likely N-dealkylation sites (tertiary alicyclic amines) is 1. The van der Waals surface area contributed by atoms with Crippen molar-refractivity contribution in [3.63, 3.8) is 0 Å². The SMILES string of the molecule is O=C(NCCC(=O)N1C[C@@H](C(F)(F)F)[C@H](C(=O)O)C1)c1cccs1. The first-order valence-corrected chi connectivity index (χ1v) is 7.97. The smallest absolute Gasteiger partial charge is 0.394 e. The van der Waals surface area contributed by atoms with Crippen LogP contribution >= 0.6 is 11.3 Å². The molecule has 0 radical (unpaired) electrons. The summed E-state index contributed by atoms with van der Waals surface area (Å²) in [7, 11) is 0. The van der Waals surface area contributed by atoms with Crippen LogP contribution in [-0.2, 0) is 9.59 Å².